The van der Waals surface area contributed by atoms with Crippen LogP contribution in [-0.2, 0) is 17.6 Å². The smallest absolute Gasteiger partial charge is 0.237 e. The number of phenolic OH excluding ortho intramolecular Hbond substituents is 2. The Kier molecular flexibility index (Phi) is 4.48. The van der Waals surface area contributed by atoms with E-state index in [1.54, 1.807) is 24.3 Å². The Morgan fingerprint density at radius 3 is 1.91 bits per heavy atom. The van der Waals surface area contributed by atoms with Crippen molar-refractivity contribution in [3.63, 3.8) is 0 Å². The van der Waals surface area contributed by atoms with Gasteiger partial charge in [0, 0.05) is 12.6 Å². The topological polar surface area (TPSA) is 81.6 Å². The average molecular weight is 312 g/mol. The zero-order chi connectivity index (χ0) is 16.2. The van der Waals surface area contributed by atoms with Crippen molar-refractivity contribution >= 4 is 5.91 Å². The highest BCUT2D eigenvalue weighted by Crippen LogP contribution is 2.14. The molecule has 1 fully saturated rings. The molecule has 5 heteroatoms. The largest absolute Gasteiger partial charge is 0.508 e. The molecule has 5 nitrogen and oxygen atoms in total. The van der Waals surface area contributed by atoms with E-state index in [1.807, 2.05) is 24.3 Å². The van der Waals surface area contributed by atoms with Gasteiger partial charge in [-0.15, -0.1) is 0 Å². The van der Waals surface area contributed by atoms with Gasteiger partial charge >= 0.3 is 0 Å². The Balaban J connectivity index is 1.55. The van der Waals surface area contributed by atoms with Crippen LogP contribution < -0.4 is 10.6 Å². The molecule has 23 heavy (non-hydrogen) atoms. The number of benzene rings is 2. The van der Waals surface area contributed by atoms with E-state index >= 15 is 0 Å². The van der Waals surface area contributed by atoms with E-state index < -0.39 is 0 Å². The highest BCUT2D eigenvalue weighted by Gasteiger charge is 2.27. The lowest BCUT2D eigenvalue weighted by Gasteiger charge is -2.30. The van der Waals surface area contributed by atoms with Crippen molar-refractivity contribution in [2.24, 2.45) is 0 Å². The molecular weight excluding hydrogens is 292 g/mol. The van der Waals surface area contributed by atoms with Crippen molar-refractivity contribution in [1.29, 1.82) is 0 Å². The summed E-state index contributed by atoms with van der Waals surface area (Å²) in [7, 11) is 0. The molecular formula is C18H20N2O3. The molecule has 1 aliphatic rings. The number of nitrogens with one attached hydrogen (secondary N) is 2. The van der Waals surface area contributed by atoms with Gasteiger partial charge in [-0.25, -0.2) is 0 Å². The molecule has 0 unspecified atom stereocenters. The lowest BCUT2D eigenvalue weighted by molar-refractivity contribution is -0.125. The summed E-state index contributed by atoms with van der Waals surface area (Å²) in [5.74, 6) is 0.463. The Hall–Kier alpha value is -2.53. The summed E-state index contributed by atoms with van der Waals surface area (Å²) >= 11 is 0. The average Bonchev–Trinajstić information content (AvgIpc) is 2.54. The molecule has 1 heterocycles. The molecule has 120 valence electrons. The van der Waals surface area contributed by atoms with Gasteiger partial charge in [-0.2, -0.15) is 0 Å². The molecule has 1 saturated heterocycles. The fraction of sp³-hybridized carbons (Fsp3) is 0.278. The zero-order valence-electron chi connectivity index (χ0n) is 12.7. The second kappa shape index (κ2) is 6.71. The quantitative estimate of drug-likeness (QED) is 0.687. The Bertz CT molecular complexity index is 668. The number of hydrogen-bond acceptors (Lipinski definition) is 4. The van der Waals surface area contributed by atoms with Gasteiger partial charge in [0.15, 0.2) is 0 Å². The van der Waals surface area contributed by atoms with Crippen molar-refractivity contribution in [2.45, 2.75) is 24.9 Å². The van der Waals surface area contributed by atoms with Crippen LogP contribution in [0.25, 0.3) is 0 Å². The highest BCUT2D eigenvalue weighted by molar-refractivity contribution is 5.83. The molecule has 1 amide bonds. The van der Waals surface area contributed by atoms with E-state index in [-0.39, 0.29) is 29.5 Å². The lowest BCUT2D eigenvalue weighted by atomic mass is 9.99. The Morgan fingerprint density at radius 2 is 1.39 bits per heavy atom. The van der Waals surface area contributed by atoms with Crippen molar-refractivity contribution in [2.75, 3.05) is 6.54 Å². The molecule has 0 aliphatic carbocycles. The molecule has 3 rings (SSSR count). The summed E-state index contributed by atoms with van der Waals surface area (Å²) in [6.45, 7) is 0.704. The van der Waals surface area contributed by atoms with Crippen LogP contribution in [0.2, 0.25) is 0 Å². The molecule has 2 aromatic rings. The van der Waals surface area contributed by atoms with E-state index in [0.717, 1.165) is 17.5 Å². The second-order valence-corrected chi connectivity index (χ2v) is 5.91. The maximum Gasteiger partial charge on any atom is 0.237 e. The first-order chi connectivity index (χ1) is 11.1. The molecule has 2 atom stereocenters. The SMILES string of the molecule is O=C1N[C@@H](Cc2ccc(O)cc2)CN[C@H]1Cc1ccc(O)cc1. The number of carbonyl (C=O) groups is 1. The third-order valence-electron chi connectivity index (χ3n) is 4.07. The van der Waals surface area contributed by atoms with Crippen molar-refractivity contribution in [3.05, 3.63) is 59.7 Å². The first-order valence-electron chi connectivity index (χ1n) is 7.70. The molecule has 0 radical (unpaired) electrons. The Labute approximate surface area is 135 Å². The van der Waals surface area contributed by atoms with Gasteiger partial charge in [0.2, 0.25) is 5.91 Å². The monoisotopic (exact) mass is 312 g/mol. The van der Waals surface area contributed by atoms with E-state index in [9.17, 15) is 15.0 Å². The summed E-state index contributed by atoms with van der Waals surface area (Å²) in [6, 6.07) is 13.7. The lowest BCUT2D eigenvalue weighted by Crippen LogP contribution is -2.59. The number of hydrogen-bond donors (Lipinski definition) is 4. The van der Waals surface area contributed by atoms with E-state index in [0.29, 0.717) is 13.0 Å². The number of rotatable bonds is 4. The predicted molar refractivity (Wildman–Crippen MR) is 87.3 cm³/mol. The van der Waals surface area contributed by atoms with Gasteiger partial charge in [0.25, 0.3) is 0 Å². The van der Waals surface area contributed by atoms with Gasteiger partial charge in [0.1, 0.15) is 11.5 Å². The summed E-state index contributed by atoms with van der Waals surface area (Å²) in [4.78, 5) is 12.3. The van der Waals surface area contributed by atoms with Gasteiger partial charge in [-0.3, -0.25) is 4.79 Å². The molecule has 1 aliphatic heterocycles. The summed E-state index contributed by atoms with van der Waals surface area (Å²) in [5, 5.41) is 24.9. The number of carbonyl (C=O) groups excluding carboxylic acids is 1. The van der Waals surface area contributed by atoms with Crippen LogP contribution >= 0.6 is 0 Å². The van der Waals surface area contributed by atoms with Crippen molar-refractivity contribution in [1.82, 2.24) is 10.6 Å². The molecule has 0 bridgehead atoms. The third-order valence-corrected chi connectivity index (χ3v) is 4.07. The predicted octanol–water partition coefficient (Wildman–Crippen LogP) is 1.34. The molecule has 0 spiro atoms. The van der Waals surface area contributed by atoms with Crippen LogP contribution in [0.5, 0.6) is 11.5 Å². The van der Waals surface area contributed by atoms with Crippen LogP contribution in [0.15, 0.2) is 48.5 Å². The van der Waals surface area contributed by atoms with Crippen molar-refractivity contribution in [3.8, 4) is 11.5 Å². The molecule has 4 N–H and O–H groups in total. The maximum atomic E-state index is 12.3. The second-order valence-electron chi connectivity index (χ2n) is 5.91. The van der Waals surface area contributed by atoms with Gasteiger partial charge in [0.05, 0.1) is 6.04 Å². The first kappa shape index (κ1) is 15.4. The molecule has 0 saturated carbocycles. The van der Waals surface area contributed by atoms with Crippen molar-refractivity contribution < 1.29 is 15.0 Å². The normalized spacial score (nSPS) is 21.0. The molecule has 2 aromatic carbocycles. The zero-order valence-corrected chi connectivity index (χ0v) is 12.7. The number of piperazine rings is 1. The van der Waals surface area contributed by atoms with Gasteiger partial charge in [-0.1, -0.05) is 24.3 Å². The Morgan fingerprint density at radius 1 is 0.870 bits per heavy atom. The minimum Gasteiger partial charge on any atom is -0.508 e. The summed E-state index contributed by atoms with van der Waals surface area (Å²) in [5.41, 5.74) is 2.08. The third kappa shape index (κ3) is 4.02. The molecule has 0 aromatic heterocycles. The first-order valence-corrected chi connectivity index (χ1v) is 7.70. The minimum absolute atomic E-state index is 0.00639. The summed E-state index contributed by atoms with van der Waals surface area (Å²) in [6.07, 6.45) is 1.32. The van der Waals surface area contributed by atoms with E-state index in [2.05, 4.69) is 10.6 Å². The number of amides is 1. The highest BCUT2D eigenvalue weighted by atomic mass is 16.3. The van der Waals surface area contributed by atoms with Gasteiger partial charge < -0.3 is 20.8 Å². The standard InChI is InChI=1S/C18H20N2O3/c21-15-5-1-12(2-6-15)9-14-11-19-17(18(23)20-14)10-13-3-7-16(22)8-4-13/h1-8,14,17,19,21-22H,9-11H2,(H,20,23)/t14-,17-/m0/s1. The fourth-order valence-corrected chi connectivity index (χ4v) is 2.80. The summed E-state index contributed by atoms with van der Waals surface area (Å²) < 4.78 is 0. The van der Waals surface area contributed by atoms with Crippen LogP contribution in [0, 0.1) is 0 Å². The van der Waals surface area contributed by atoms with Crippen LogP contribution in [0.3, 0.4) is 0 Å². The van der Waals surface area contributed by atoms with Gasteiger partial charge in [-0.05, 0) is 48.2 Å². The van der Waals surface area contributed by atoms with Crippen LogP contribution in [0.1, 0.15) is 11.1 Å². The fourth-order valence-electron chi connectivity index (χ4n) is 2.80. The maximum absolute atomic E-state index is 12.3. The van der Waals surface area contributed by atoms with E-state index in [1.165, 1.54) is 0 Å². The van der Waals surface area contributed by atoms with E-state index in [4.69, 9.17) is 0 Å². The van der Waals surface area contributed by atoms with Crippen LogP contribution in [0.4, 0.5) is 0 Å². The minimum atomic E-state index is -0.254. The number of aromatic hydroxyl groups is 2. The number of phenols is 2. The van der Waals surface area contributed by atoms with Crippen LogP contribution in [-0.4, -0.2) is 34.7 Å².